The van der Waals surface area contributed by atoms with Crippen molar-refractivity contribution in [3.05, 3.63) is 17.4 Å². The molecule has 0 aliphatic carbocycles. The Kier molecular flexibility index (Phi) is 3.55. The van der Waals surface area contributed by atoms with Crippen LogP contribution in [0.1, 0.15) is 12.0 Å². The minimum atomic E-state index is -0.998. The molecule has 1 N–H and O–H groups in total. The van der Waals surface area contributed by atoms with Crippen LogP contribution in [-0.4, -0.2) is 31.4 Å². The Hall–Kier alpha value is -1.98. The number of benzene rings is 1. The third kappa shape index (κ3) is 2.32. The summed E-state index contributed by atoms with van der Waals surface area (Å²) in [5.41, 5.74) is 0.187. The predicted octanol–water partition coefficient (Wildman–Crippen LogP) is 1.62. The first-order valence-corrected chi connectivity index (χ1v) is 5.50. The summed E-state index contributed by atoms with van der Waals surface area (Å²) in [5.74, 6) is -0.897. The Morgan fingerprint density at radius 1 is 1.50 bits per heavy atom. The number of methoxy groups -OCH3 is 1. The van der Waals surface area contributed by atoms with E-state index >= 15 is 0 Å². The summed E-state index contributed by atoms with van der Waals surface area (Å²) in [5, 5.41) is 8.67. The monoisotopic (exact) mass is 256 g/mol. The zero-order valence-electron chi connectivity index (χ0n) is 9.86. The average molecular weight is 256 g/mol. The lowest BCUT2D eigenvalue weighted by Gasteiger charge is -2.22. The summed E-state index contributed by atoms with van der Waals surface area (Å²) < 4.78 is 29.7. The van der Waals surface area contributed by atoms with Crippen molar-refractivity contribution in [2.24, 2.45) is 0 Å². The quantitative estimate of drug-likeness (QED) is 0.886. The number of carbonyl (C=O) groups is 1. The zero-order valence-corrected chi connectivity index (χ0v) is 9.86. The first-order chi connectivity index (χ1) is 8.63. The van der Waals surface area contributed by atoms with Gasteiger partial charge in [-0.1, -0.05) is 0 Å². The molecule has 2 rings (SSSR count). The number of fused-ring (bicyclic) bond motifs is 1. The first-order valence-electron chi connectivity index (χ1n) is 5.50. The smallest absolute Gasteiger partial charge is 0.303 e. The maximum atomic E-state index is 14.1. The van der Waals surface area contributed by atoms with Crippen LogP contribution in [0.2, 0.25) is 0 Å². The van der Waals surface area contributed by atoms with Gasteiger partial charge in [0.2, 0.25) is 0 Å². The number of hydrogen-bond acceptors (Lipinski definition) is 4. The van der Waals surface area contributed by atoms with Gasteiger partial charge in [0.25, 0.3) is 0 Å². The van der Waals surface area contributed by atoms with Crippen LogP contribution in [0.25, 0.3) is 0 Å². The summed E-state index contributed by atoms with van der Waals surface area (Å²) >= 11 is 0. The van der Waals surface area contributed by atoms with Crippen molar-refractivity contribution in [1.29, 1.82) is 0 Å². The van der Waals surface area contributed by atoms with Crippen molar-refractivity contribution in [2.75, 3.05) is 20.3 Å². The minimum absolute atomic E-state index is 0.0274. The maximum absolute atomic E-state index is 14.1. The molecule has 1 aliphatic rings. The fourth-order valence-electron chi connectivity index (χ4n) is 1.81. The number of carboxylic acids is 1. The molecule has 1 aliphatic heterocycles. The van der Waals surface area contributed by atoms with Gasteiger partial charge in [0.15, 0.2) is 23.1 Å². The topological polar surface area (TPSA) is 65.0 Å². The van der Waals surface area contributed by atoms with Gasteiger partial charge in [-0.05, 0) is 6.42 Å². The lowest BCUT2D eigenvalue weighted by Crippen LogP contribution is -2.18. The predicted molar refractivity (Wildman–Crippen MR) is 59.9 cm³/mol. The summed E-state index contributed by atoms with van der Waals surface area (Å²) in [6.45, 7) is 0.693. The molecule has 0 bridgehead atoms. The second kappa shape index (κ2) is 5.12. The van der Waals surface area contributed by atoms with E-state index in [0.29, 0.717) is 19.0 Å². The standard InChI is InChI=1S/C12H13FO5/c1-16-8-6-9-12(18-5-4-17-9)7(11(8)13)2-3-10(14)15/h6H,2-5H2,1H3,(H,14,15). The Bertz CT molecular complexity index is 472. The Labute approximate surface area is 103 Å². The number of aliphatic carboxylic acids is 1. The first kappa shape index (κ1) is 12.5. The van der Waals surface area contributed by atoms with E-state index in [0.717, 1.165) is 0 Å². The summed E-state index contributed by atoms with van der Waals surface area (Å²) in [4.78, 5) is 10.6. The molecule has 1 aromatic carbocycles. The molecule has 0 saturated carbocycles. The molecule has 0 spiro atoms. The van der Waals surface area contributed by atoms with Gasteiger partial charge in [-0.25, -0.2) is 4.39 Å². The second-order valence-electron chi connectivity index (χ2n) is 3.79. The lowest BCUT2D eigenvalue weighted by atomic mass is 10.1. The van der Waals surface area contributed by atoms with Crippen molar-refractivity contribution < 1.29 is 28.5 Å². The Morgan fingerprint density at radius 2 is 2.22 bits per heavy atom. The molecule has 1 aromatic rings. The van der Waals surface area contributed by atoms with Gasteiger partial charge >= 0.3 is 5.97 Å². The summed E-state index contributed by atoms with van der Waals surface area (Å²) in [6.07, 6.45) is -0.149. The molecule has 0 fully saturated rings. The molecule has 0 atom stereocenters. The normalized spacial score (nSPS) is 13.2. The van der Waals surface area contributed by atoms with Crippen molar-refractivity contribution in [2.45, 2.75) is 12.8 Å². The number of hydrogen-bond donors (Lipinski definition) is 1. The highest BCUT2D eigenvalue weighted by Crippen LogP contribution is 2.40. The molecule has 0 aromatic heterocycles. The van der Waals surface area contributed by atoms with Crippen LogP contribution >= 0.6 is 0 Å². The minimum Gasteiger partial charge on any atom is -0.494 e. The fourth-order valence-corrected chi connectivity index (χ4v) is 1.81. The molecule has 1 heterocycles. The number of carboxylic acid groups (broad SMARTS) is 1. The molecule has 18 heavy (non-hydrogen) atoms. The van der Waals surface area contributed by atoms with Crippen LogP contribution in [0, 0.1) is 5.82 Å². The fraction of sp³-hybridized carbons (Fsp3) is 0.417. The molecular weight excluding hydrogens is 243 g/mol. The van der Waals surface area contributed by atoms with Gasteiger partial charge in [-0.2, -0.15) is 0 Å². The third-order valence-electron chi connectivity index (χ3n) is 2.64. The Morgan fingerprint density at radius 3 is 2.89 bits per heavy atom. The van der Waals surface area contributed by atoms with E-state index in [-0.39, 0.29) is 29.9 Å². The number of ether oxygens (including phenoxy) is 3. The van der Waals surface area contributed by atoms with Crippen LogP contribution in [0.3, 0.4) is 0 Å². The maximum Gasteiger partial charge on any atom is 0.303 e. The molecule has 0 saturated heterocycles. The third-order valence-corrected chi connectivity index (χ3v) is 2.64. The van der Waals surface area contributed by atoms with Crippen molar-refractivity contribution in [3.63, 3.8) is 0 Å². The highest BCUT2D eigenvalue weighted by Gasteiger charge is 2.24. The van der Waals surface area contributed by atoms with Crippen molar-refractivity contribution >= 4 is 5.97 Å². The van der Waals surface area contributed by atoms with Crippen molar-refractivity contribution in [1.82, 2.24) is 0 Å². The van der Waals surface area contributed by atoms with Crippen molar-refractivity contribution in [3.8, 4) is 17.2 Å². The molecule has 5 nitrogen and oxygen atoms in total. The van der Waals surface area contributed by atoms with E-state index in [1.165, 1.54) is 13.2 Å². The van der Waals surface area contributed by atoms with Gasteiger partial charge in [-0.15, -0.1) is 0 Å². The van der Waals surface area contributed by atoms with Gasteiger partial charge in [-0.3, -0.25) is 4.79 Å². The van der Waals surface area contributed by atoms with Crippen LogP contribution < -0.4 is 14.2 Å². The lowest BCUT2D eigenvalue weighted by molar-refractivity contribution is -0.136. The zero-order chi connectivity index (χ0) is 13.1. The Balaban J connectivity index is 2.42. The SMILES string of the molecule is COc1cc2c(c(CCC(=O)O)c1F)OCCO2. The molecule has 0 radical (unpaired) electrons. The molecule has 0 amide bonds. The van der Waals surface area contributed by atoms with Gasteiger partial charge in [0, 0.05) is 18.1 Å². The van der Waals surface area contributed by atoms with Crippen LogP contribution in [0.5, 0.6) is 17.2 Å². The molecule has 98 valence electrons. The highest BCUT2D eigenvalue weighted by molar-refractivity contribution is 5.67. The van der Waals surface area contributed by atoms with Gasteiger partial charge in [0.1, 0.15) is 13.2 Å². The highest BCUT2D eigenvalue weighted by atomic mass is 19.1. The van der Waals surface area contributed by atoms with E-state index in [4.69, 9.17) is 19.3 Å². The largest absolute Gasteiger partial charge is 0.494 e. The van der Waals surface area contributed by atoms with Crippen LogP contribution in [0.4, 0.5) is 4.39 Å². The van der Waals surface area contributed by atoms with Gasteiger partial charge in [0.05, 0.1) is 7.11 Å². The van der Waals surface area contributed by atoms with E-state index < -0.39 is 11.8 Å². The van der Waals surface area contributed by atoms with E-state index in [2.05, 4.69) is 0 Å². The molecule has 0 unspecified atom stereocenters. The molecule has 6 heteroatoms. The number of halogens is 1. The van der Waals surface area contributed by atoms with E-state index in [1.807, 2.05) is 0 Å². The molecular formula is C12H13FO5. The van der Waals surface area contributed by atoms with Crippen LogP contribution in [0.15, 0.2) is 6.07 Å². The van der Waals surface area contributed by atoms with E-state index in [1.54, 1.807) is 0 Å². The second-order valence-corrected chi connectivity index (χ2v) is 3.79. The number of rotatable bonds is 4. The summed E-state index contributed by atoms with van der Waals surface area (Å²) in [7, 11) is 1.34. The van der Waals surface area contributed by atoms with Crippen LogP contribution in [-0.2, 0) is 11.2 Å². The van der Waals surface area contributed by atoms with E-state index in [9.17, 15) is 9.18 Å². The van der Waals surface area contributed by atoms with Gasteiger partial charge < -0.3 is 19.3 Å². The average Bonchev–Trinajstić information content (AvgIpc) is 2.36. The summed E-state index contributed by atoms with van der Waals surface area (Å²) in [6, 6.07) is 1.41.